The number of aromatic amines is 1. The van der Waals surface area contributed by atoms with Gasteiger partial charge in [-0.1, -0.05) is 6.07 Å². The van der Waals surface area contributed by atoms with Crippen LogP contribution in [0.25, 0.3) is 10.9 Å². The van der Waals surface area contributed by atoms with E-state index in [1.165, 1.54) is 7.11 Å². The van der Waals surface area contributed by atoms with Gasteiger partial charge < -0.3 is 9.72 Å². The maximum absolute atomic E-state index is 11.4. The van der Waals surface area contributed by atoms with Crippen molar-refractivity contribution < 1.29 is 9.53 Å². The number of esters is 1. The Balaban J connectivity index is 2.39. The lowest BCUT2D eigenvalue weighted by Gasteiger charge is -2.09. The zero-order chi connectivity index (χ0) is 10.8. The Morgan fingerprint density at radius 3 is 2.93 bits per heavy atom. The summed E-state index contributed by atoms with van der Waals surface area (Å²) in [5.41, 5.74) is 2.06. The summed E-state index contributed by atoms with van der Waals surface area (Å²) in [4.78, 5) is 14.5. The summed E-state index contributed by atoms with van der Waals surface area (Å²) < 4.78 is 4.71. The first-order chi connectivity index (χ1) is 7.22. The third-order valence-corrected chi connectivity index (χ3v) is 2.63. The number of carbonyl (C=O) groups excluding carboxylic acids is 1. The quantitative estimate of drug-likeness (QED) is 0.762. The van der Waals surface area contributed by atoms with Crippen LogP contribution < -0.4 is 0 Å². The zero-order valence-electron chi connectivity index (χ0n) is 8.78. The van der Waals surface area contributed by atoms with Gasteiger partial charge in [0.15, 0.2) is 0 Å². The highest BCUT2D eigenvalue weighted by Crippen LogP contribution is 2.21. The van der Waals surface area contributed by atoms with Crippen molar-refractivity contribution in [2.45, 2.75) is 12.8 Å². The van der Waals surface area contributed by atoms with Gasteiger partial charge in [-0.05, 0) is 36.1 Å². The van der Waals surface area contributed by atoms with E-state index in [9.17, 15) is 4.79 Å². The molecule has 1 unspecified atom stereocenters. The largest absolute Gasteiger partial charge is 0.469 e. The molecule has 0 saturated carbocycles. The van der Waals surface area contributed by atoms with Crippen molar-refractivity contribution in [2.75, 3.05) is 7.11 Å². The highest BCUT2D eigenvalue weighted by molar-refractivity contribution is 5.83. The number of methoxy groups -OCH3 is 1. The van der Waals surface area contributed by atoms with Crippen molar-refractivity contribution in [3.8, 4) is 0 Å². The van der Waals surface area contributed by atoms with Crippen molar-refractivity contribution in [3.05, 3.63) is 36.0 Å². The molecule has 2 aromatic rings. The van der Waals surface area contributed by atoms with E-state index in [-0.39, 0.29) is 11.9 Å². The van der Waals surface area contributed by atoms with Crippen LogP contribution >= 0.6 is 0 Å². The molecule has 1 N–H and O–H groups in total. The van der Waals surface area contributed by atoms with Crippen LogP contribution in [0.1, 0.15) is 18.4 Å². The van der Waals surface area contributed by atoms with E-state index in [0.29, 0.717) is 0 Å². The maximum Gasteiger partial charge on any atom is 0.312 e. The first-order valence-corrected chi connectivity index (χ1v) is 4.87. The second-order valence-electron chi connectivity index (χ2n) is 3.57. The van der Waals surface area contributed by atoms with Gasteiger partial charge in [0.2, 0.25) is 0 Å². The molecule has 1 aromatic heterocycles. The molecule has 0 radical (unpaired) electrons. The number of carbonyl (C=O) groups is 1. The fraction of sp³-hybridized carbons (Fsp3) is 0.250. The number of rotatable bonds is 2. The Hall–Kier alpha value is -1.77. The molecule has 1 aromatic carbocycles. The number of fused-ring (bicyclic) bond motifs is 1. The fourth-order valence-corrected chi connectivity index (χ4v) is 1.65. The maximum atomic E-state index is 11.4. The summed E-state index contributed by atoms with van der Waals surface area (Å²) >= 11 is 0. The minimum atomic E-state index is -0.214. The molecule has 1 atom stereocenters. The first-order valence-electron chi connectivity index (χ1n) is 4.87. The zero-order valence-corrected chi connectivity index (χ0v) is 8.78. The van der Waals surface area contributed by atoms with Crippen molar-refractivity contribution in [1.82, 2.24) is 4.98 Å². The summed E-state index contributed by atoms with van der Waals surface area (Å²) in [6.07, 6.45) is 1.89. The number of H-pyrrole nitrogens is 1. The molecule has 1 heterocycles. The molecule has 0 spiro atoms. The highest BCUT2D eigenvalue weighted by atomic mass is 16.5. The number of aromatic nitrogens is 1. The van der Waals surface area contributed by atoms with Crippen molar-refractivity contribution in [1.29, 1.82) is 0 Å². The molecule has 0 aliphatic rings. The van der Waals surface area contributed by atoms with Gasteiger partial charge in [0.1, 0.15) is 0 Å². The highest BCUT2D eigenvalue weighted by Gasteiger charge is 2.15. The van der Waals surface area contributed by atoms with Gasteiger partial charge in [-0.15, -0.1) is 0 Å². The molecule has 0 aliphatic carbocycles. The molecule has 15 heavy (non-hydrogen) atoms. The van der Waals surface area contributed by atoms with Gasteiger partial charge in [0.05, 0.1) is 13.0 Å². The topological polar surface area (TPSA) is 42.1 Å². The predicted octanol–water partition coefficient (Wildman–Crippen LogP) is 2.44. The van der Waals surface area contributed by atoms with Crippen LogP contribution in [0.5, 0.6) is 0 Å². The molecular formula is C12H13NO2. The predicted molar refractivity (Wildman–Crippen MR) is 58.7 cm³/mol. The van der Waals surface area contributed by atoms with Gasteiger partial charge in [0, 0.05) is 11.7 Å². The third kappa shape index (κ3) is 1.73. The SMILES string of the molecule is COC(=O)C(C)c1ccc2[nH]ccc2c1. The second-order valence-corrected chi connectivity index (χ2v) is 3.57. The minimum Gasteiger partial charge on any atom is -0.469 e. The summed E-state index contributed by atoms with van der Waals surface area (Å²) in [6, 6.07) is 7.92. The van der Waals surface area contributed by atoms with E-state index in [1.807, 2.05) is 37.4 Å². The molecule has 78 valence electrons. The molecule has 2 rings (SSSR count). The summed E-state index contributed by atoms with van der Waals surface area (Å²) in [5.74, 6) is -0.417. The van der Waals surface area contributed by atoms with E-state index >= 15 is 0 Å². The van der Waals surface area contributed by atoms with E-state index in [4.69, 9.17) is 4.74 Å². The molecule has 3 nitrogen and oxygen atoms in total. The molecule has 0 aliphatic heterocycles. The number of nitrogens with one attached hydrogen (secondary N) is 1. The Morgan fingerprint density at radius 2 is 2.20 bits per heavy atom. The van der Waals surface area contributed by atoms with E-state index in [0.717, 1.165) is 16.5 Å². The standard InChI is InChI=1S/C12H13NO2/c1-8(12(14)15-2)9-3-4-11-10(7-9)5-6-13-11/h3-8,13H,1-2H3. The Labute approximate surface area is 88.1 Å². The van der Waals surface area contributed by atoms with Crippen molar-refractivity contribution >= 4 is 16.9 Å². The minimum absolute atomic E-state index is 0.204. The van der Waals surface area contributed by atoms with Gasteiger partial charge >= 0.3 is 5.97 Å². The van der Waals surface area contributed by atoms with E-state index in [1.54, 1.807) is 0 Å². The van der Waals surface area contributed by atoms with Crippen LogP contribution in [0.4, 0.5) is 0 Å². The van der Waals surface area contributed by atoms with Crippen LogP contribution in [-0.2, 0) is 9.53 Å². The van der Waals surface area contributed by atoms with Crippen LogP contribution in [-0.4, -0.2) is 18.1 Å². The lowest BCUT2D eigenvalue weighted by molar-refractivity contribution is -0.141. The average molecular weight is 203 g/mol. The number of ether oxygens (including phenoxy) is 1. The van der Waals surface area contributed by atoms with Gasteiger partial charge in [-0.3, -0.25) is 4.79 Å². The number of hydrogen-bond donors (Lipinski definition) is 1. The van der Waals surface area contributed by atoms with Gasteiger partial charge in [-0.2, -0.15) is 0 Å². The van der Waals surface area contributed by atoms with Crippen LogP contribution in [0.15, 0.2) is 30.5 Å². The lowest BCUT2D eigenvalue weighted by Crippen LogP contribution is -2.10. The smallest absolute Gasteiger partial charge is 0.312 e. The summed E-state index contributed by atoms with van der Waals surface area (Å²) in [7, 11) is 1.41. The van der Waals surface area contributed by atoms with Crippen molar-refractivity contribution in [2.24, 2.45) is 0 Å². The Bertz CT molecular complexity index is 487. The second kappa shape index (κ2) is 3.77. The molecule has 0 amide bonds. The lowest BCUT2D eigenvalue weighted by atomic mass is 10.00. The molecule has 3 heteroatoms. The average Bonchev–Trinajstić information content (AvgIpc) is 2.73. The van der Waals surface area contributed by atoms with Gasteiger partial charge in [-0.25, -0.2) is 0 Å². The first kappa shape index (κ1) is 9.77. The Kier molecular flexibility index (Phi) is 2.46. The molecule has 0 bridgehead atoms. The molecule has 0 saturated heterocycles. The Morgan fingerprint density at radius 1 is 1.40 bits per heavy atom. The molecule has 0 fully saturated rings. The van der Waals surface area contributed by atoms with E-state index < -0.39 is 0 Å². The fourth-order valence-electron chi connectivity index (χ4n) is 1.65. The summed E-state index contributed by atoms with van der Waals surface area (Å²) in [6.45, 7) is 1.85. The number of hydrogen-bond acceptors (Lipinski definition) is 2. The van der Waals surface area contributed by atoms with Crippen LogP contribution in [0.2, 0.25) is 0 Å². The van der Waals surface area contributed by atoms with E-state index in [2.05, 4.69) is 4.98 Å². The number of benzene rings is 1. The monoisotopic (exact) mass is 203 g/mol. The van der Waals surface area contributed by atoms with Crippen LogP contribution in [0.3, 0.4) is 0 Å². The third-order valence-electron chi connectivity index (χ3n) is 2.63. The van der Waals surface area contributed by atoms with Crippen molar-refractivity contribution in [3.63, 3.8) is 0 Å². The van der Waals surface area contributed by atoms with Gasteiger partial charge in [0.25, 0.3) is 0 Å². The normalized spacial score (nSPS) is 12.7. The van der Waals surface area contributed by atoms with Crippen LogP contribution in [0, 0.1) is 0 Å². The molecular weight excluding hydrogens is 190 g/mol. The summed E-state index contributed by atoms with van der Waals surface area (Å²) in [5, 5.41) is 1.11.